The molecule has 0 aliphatic heterocycles. The summed E-state index contributed by atoms with van der Waals surface area (Å²) in [5.41, 5.74) is 0.00852. The minimum absolute atomic E-state index is 0.191. The number of rotatable bonds is 4. The van der Waals surface area contributed by atoms with E-state index in [4.69, 9.17) is 4.74 Å². The zero-order chi connectivity index (χ0) is 16.4. The van der Waals surface area contributed by atoms with Gasteiger partial charge in [0.05, 0.1) is 12.8 Å². The van der Waals surface area contributed by atoms with E-state index in [0.29, 0.717) is 6.07 Å². The topological polar surface area (TPSA) is 58.6 Å². The lowest BCUT2D eigenvalue weighted by Gasteiger charge is -2.07. The summed E-state index contributed by atoms with van der Waals surface area (Å²) in [5, 5.41) is 9.62. The van der Waals surface area contributed by atoms with Gasteiger partial charge in [-0.15, -0.1) is 0 Å². The maximum absolute atomic E-state index is 13.5. The van der Waals surface area contributed by atoms with Crippen LogP contribution in [-0.4, -0.2) is 12.2 Å². The Morgan fingerprint density at radius 1 is 1.18 bits per heavy atom. The molecule has 0 fully saturated rings. The van der Waals surface area contributed by atoms with E-state index in [1.54, 1.807) is 0 Å². The first-order valence-corrected chi connectivity index (χ1v) is 7.36. The van der Waals surface area contributed by atoms with E-state index in [2.05, 4.69) is 4.72 Å². The second kappa shape index (κ2) is 6.27. The van der Waals surface area contributed by atoms with Crippen molar-refractivity contribution in [3.8, 4) is 11.5 Å². The Hall–Kier alpha value is -2.22. The third-order valence-corrected chi connectivity index (χ3v) is 4.37. The van der Waals surface area contributed by atoms with Crippen LogP contribution in [0.1, 0.15) is 5.56 Å². The molecule has 0 radical (unpaired) electrons. The van der Waals surface area contributed by atoms with Gasteiger partial charge >= 0.3 is 0 Å². The molecule has 0 aromatic heterocycles. The molecule has 0 bridgehead atoms. The van der Waals surface area contributed by atoms with Crippen molar-refractivity contribution in [2.75, 3.05) is 11.8 Å². The monoisotopic (exact) mass is 332 g/mol. The molecule has 0 heterocycles. The number of anilines is 1. The van der Waals surface area contributed by atoms with Crippen LogP contribution in [0.4, 0.5) is 18.9 Å². The first kappa shape index (κ1) is 16.2. The summed E-state index contributed by atoms with van der Waals surface area (Å²) in [6.07, 6.45) is 0. The zero-order valence-corrected chi connectivity index (χ0v) is 12.5. The maximum Gasteiger partial charge on any atom is 0.197 e. The van der Waals surface area contributed by atoms with Crippen molar-refractivity contribution in [3.05, 3.63) is 47.3 Å². The number of ether oxygens (including phenoxy) is 1. The highest BCUT2D eigenvalue weighted by molar-refractivity contribution is 7.86. The lowest BCUT2D eigenvalue weighted by atomic mass is 10.2. The van der Waals surface area contributed by atoms with Crippen LogP contribution in [0.3, 0.4) is 0 Å². The van der Waals surface area contributed by atoms with Crippen LogP contribution in [0.25, 0.3) is 0 Å². The quantitative estimate of drug-likeness (QED) is 0.513. The standard InChI is InChI=1S/C14H12F3NO3S/c1-7-12(6-9(15)14(17)13(7)16)22(20)18-8-3-4-11(21-2)10(19)5-8/h3-6,19H,1-2H3,(H,18,20)/p+1. The fraction of sp³-hybridized carbons (Fsp3) is 0.143. The van der Waals surface area contributed by atoms with Crippen molar-refractivity contribution in [1.82, 2.24) is 0 Å². The Morgan fingerprint density at radius 3 is 2.45 bits per heavy atom. The summed E-state index contributed by atoms with van der Waals surface area (Å²) in [6.45, 7) is 1.20. The number of nitrogens with one attached hydrogen (secondary N) is 1. The number of hydrogen-bond donors (Lipinski definition) is 2. The highest BCUT2D eigenvalue weighted by Gasteiger charge is 2.23. The van der Waals surface area contributed by atoms with Crippen LogP contribution in [0.5, 0.6) is 11.5 Å². The predicted octanol–water partition coefficient (Wildman–Crippen LogP) is 3.21. The van der Waals surface area contributed by atoms with Gasteiger partial charge < -0.3 is 9.84 Å². The Kier molecular flexibility index (Phi) is 4.60. The molecule has 0 saturated heterocycles. The van der Waals surface area contributed by atoms with Crippen LogP contribution in [0, 0.1) is 24.4 Å². The van der Waals surface area contributed by atoms with E-state index >= 15 is 0 Å². The minimum Gasteiger partial charge on any atom is -0.504 e. The van der Waals surface area contributed by atoms with E-state index < -0.39 is 28.4 Å². The number of thiol groups is 1. The summed E-state index contributed by atoms with van der Waals surface area (Å²) in [4.78, 5) is -0.193. The third kappa shape index (κ3) is 3.01. The lowest BCUT2D eigenvalue weighted by molar-refractivity contribution is 0.373. The molecule has 0 saturated carbocycles. The van der Waals surface area contributed by atoms with E-state index in [-0.39, 0.29) is 27.6 Å². The number of hydrogen-bond acceptors (Lipinski definition) is 3. The van der Waals surface area contributed by atoms with Gasteiger partial charge in [-0.2, -0.15) is 0 Å². The Balaban J connectivity index is 2.32. The van der Waals surface area contributed by atoms with Crippen molar-refractivity contribution in [2.24, 2.45) is 0 Å². The van der Waals surface area contributed by atoms with Crippen molar-refractivity contribution >= 4 is 16.7 Å². The fourth-order valence-corrected chi connectivity index (χ4v) is 2.95. The fourth-order valence-electron chi connectivity index (χ4n) is 1.82. The van der Waals surface area contributed by atoms with Crippen molar-refractivity contribution < 1.29 is 27.2 Å². The summed E-state index contributed by atoms with van der Waals surface area (Å²) in [7, 11) is -1.07. The van der Waals surface area contributed by atoms with Crippen molar-refractivity contribution in [2.45, 2.75) is 11.8 Å². The lowest BCUT2D eigenvalue weighted by Crippen LogP contribution is -2.09. The number of benzene rings is 2. The molecule has 4 nitrogen and oxygen atoms in total. The Bertz CT molecular complexity index is 753. The van der Waals surface area contributed by atoms with Gasteiger partial charge in [-0.05, 0) is 19.1 Å². The molecule has 2 N–H and O–H groups in total. The first-order valence-electron chi connectivity index (χ1n) is 6.10. The molecule has 0 aliphatic rings. The predicted molar refractivity (Wildman–Crippen MR) is 77.0 cm³/mol. The van der Waals surface area contributed by atoms with Gasteiger partial charge in [0, 0.05) is 17.7 Å². The molecule has 22 heavy (non-hydrogen) atoms. The van der Waals surface area contributed by atoms with Gasteiger partial charge in [0.25, 0.3) is 0 Å². The molecule has 1 unspecified atom stereocenters. The van der Waals surface area contributed by atoms with E-state index in [1.807, 2.05) is 0 Å². The highest BCUT2D eigenvalue weighted by Crippen LogP contribution is 2.30. The Morgan fingerprint density at radius 2 is 1.86 bits per heavy atom. The normalized spacial score (nSPS) is 12.0. The molecule has 0 aliphatic carbocycles. The van der Waals surface area contributed by atoms with Crippen LogP contribution in [0.2, 0.25) is 0 Å². The molecular weight excluding hydrogens is 319 g/mol. The number of methoxy groups -OCH3 is 1. The molecule has 2 aromatic carbocycles. The number of phenolic OH excluding ortho intramolecular Hbond substituents is 1. The van der Waals surface area contributed by atoms with Gasteiger partial charge in [-0.25, -0.2) is 17.9 Å². The van der Waals surface area contributed by atoms with Gasteiger partial charge in [0.1, 0.15) is 0 Å². The second-order valence-corrected chi connectivity index (χ2v) is 5.72. The molecule has 0 spiro atoms. The van der Waals surface area contributed by atoms with Crippen molar-refractivity contribution in [1.29, 1.82) is 0 Å². The van der Waals surface area contributed by atoms with Gasteiger partial charge in [0.15, 0.2) is 44.8 Å². The molecule has 2 rings (SSSR count). The van der Waals surface area contributed by atoms with E-state index in [9.17, 15) is 22.5 Å². The van der Waals surface area contributed by atoms with E-state index in [0.717, 1.165) is 0 Å². The van der Waals surface area contributed by atoms with Gasteiger partial charge in [-0.3, -0.25) is 0 Å². The second-order valence-electron chi connectivity index (χ2n) is 4.42. The maximum atomic E-state index is 13.5. The average Bonchev–Trinajstić information content (AvgIpc) is 2.49. The Labute approximate surface area is 127 Å². The molecule has 1 atom stereocenters. The third-order valence-electron chi connectivity index (χ3n) is 3.01. The zero-order valence-electron chi connectivity index (χ0n) is 11.7. The number of aromatic hydroxyl groups is 1. The molecule has 118 valence electrons. The SMILES string of the molecule is COc1ccc(N[SH+](=O)c2cc(F)c(F)c(F)c2C)cc1O. The molecular formula is C14H13F3NO3S+. The summed E-state index contributed by atoms with van der Waals surface area (Å²) < 4.78 is 59.4. The summed E-state index contributed by atoms with van der Waals surface area (Å²) in [6, 6.07) is 4.83. The molecule has 2 aromatic rings. The van der Waals surface area contributed by atoms with E-state index in [1.165, 1.54) is 32.2 Å². The minimum atomic E-state index is -2.44. The number of phenols is 1. The van der Waals surface area contributed by atoms with Crippen LogP contribution >= 0.6 is 0 Å². The highest BCUT2D eigenvalue weighted by atomic mass is 32.2. The van der Waals surface area contributed by atoms with Crippen molar-refractivity contribution in [3.63, 3.8) is 0 Å². The number of halogens is 3. The van der Waals surface area contributed by atoms with Gasteiger partial charge in [0.2, 0.25) is 0 Å². The largest absolute Gasteiger partial charge is 0.504 e. The molecule has 8 heteroatoms. The van der Waals surface area contributed by atoms with Crippen LogP contribution < -0.4 is 9.46 Å². The van der Waals surface area contributed by atoms with Gasteiger partial charge in [-0.1, -0.05) is 4.21 Å². The smallest absolute Gasteiger partial charge is 0.197 e. The first-order chi connectivity index (χ1) is 10.3. The van der Waals surface area contributed by atoms with Crippen LogP contribution in [0.15, 0.2) is 29.2 Å². The van der Waals surface area contributed by atoms with Crippen LogP contribution in [-0.2, 0) is 15.2 Å². The summed E-state index contributed by atoms with van der Waals surface area (Å²) >= 11 is 0. The summed E-state index contributed by atoms with van der Waals surface area (Å²) in [5.74, 6) is -4.37. The average molecular weight is 332 g/mol. The molecule has 0 amide bonds.